The number of benzene rings is 1. The molecule has 1 heterocycles. The van der Waals surface area contributed by atoms with Gasteiger partial charge in [0.15, 0.2) is 17.2 Å². The minimum Gasteiger partial charge on any atom is -0.406 e. The Morgan fingerprint density at radius 3 is 2.82 bits per heavy atom. The molecule has 0 radical (unpaired) electrons. The van der Waals surface area contributed by atoms with Crippen LogP contribution < -0.4 is 22.9 Å². The number of aryl methyl sites for hydroxylation is 1. The van der Waals surface area contributed by atoms with Crippen LogP contribution in [-0.2, 0) is 7.05 Å². The van der Waals surface area contributed by atoms with E-state index in [1.165, 1.54) is 17.7 Å². The first-order chi connectivity index (χ1) is 10.5. The number of hydrogen-bond donors (Lipinski definition) is 3. The number of halogens is 1. The maximum absolute atomic E-state index is 12.5. The van der Waals surface area contributed by atoms with E-state index in [9.17, 15) is 9.59 Å². The molecule has 114 valence electrons. The van der Waals surface area contributed by atoms with Gasteiger partial charge < -0.3 is 15.7 Å². The van der Waals surface area contributed by atoms with Gasteiger partial charge in [0.2, 0.25) is 0 Å². The Kier molecular flexibility index (Phi) is 3.27. The number of nitrogens with zero attached hydrogens (tertiary/aromatic N) is 2. The lowest BCUT2D eigenvalue weighted by molar-refractivity contribution is 0.103. The average molecular weight is 322 g/mol. The number of fused-ring (bicyclic) bond motifs is 1. The van der Waals surface area contributed by atoms with Crippen molar-refractivity contribution in [3.63, 3.8) is 0 Å². The number of ketones is 1. The molecular formula is C13H12ClN5O3. The normalized spacial score (nSPS) is 14.6. The van der Waals surface area contributed by atoms with Gasteiger partial charge in [-0.3, -0.25) is 9.36 Å². The second kappa shape index (κ2) is 5.00. The predicted octanol–water partition coefficient (Wildman–Crippen LogP) is 0.403. The van der Waals surface area contributed by atoms with Gasteiger partial charge in [-0.25, -0.2) is 10.6 Å². The second-order valence-electron chi connectivity index (χ2n) is 4.82. The first-order valence-corrected chi connectivity index (χ1v) is 6.66. The molecule has 1 aliphatic carbocycles. The molecule has 0 atom stereocenters. The molecule has 1 aliphatic rings. The molecule has 9 heteroatoms. The average Bonchev–Trinajstić information content (AvgIpc) is 3.23. The second-order valence-corrected chi connectivity index (χ2v) is 5.23. The Hall–Kier alpha value is -2.58. The van der Waals surface area contributed by atoms with Gasteiger partial charge in [-0.2, -0.15) is 5.10 Å². The highest BCUT2D eigenvalue weighted by Crippen LogP contribution is 2.35. The molecule has 0 saturated carbocycles. The highest BCUT2D eigenvalue weighted by molar-refractivity contribution is 6.35. The van der Waals surface area contributed by atoms with Crippen LogP contribution in [-0.4, -0.2) is 16.2 Å². The highest BCUT2D eigenvalue weighted by Gasteiger charge is 2.33. The molecule has 0 spiro atoms. The largest absolute Gasteiger partial charge is 0.419 e. The molecule has 3 rings (SSSR count). The molecule has 0 bridgehead atoms. The number of hydrazone groups is 1. The van der Waals surface area contributed by atoms with E-state index in [2.05, 4.69) is 10.5 Å². The topological polar surface area (TPSA) is 129 Å². The number of nitrogens with two attached hydrogens (primary N) is 2. The molecular weight excluding hydrogens is 310 g/mol. The van der Waals surface area contributed by atoms with Gasteiger partial charge in [0.1, 0.15) is 0 Å². The number of carbonyl (C=O) groups excluding carboxylic acids is 1. The van der Waals surface area contributed by atoms with E-state index in [0.717, 1.165) is 0 Å². The van der Waals surface area contributed by atoms with Gasteiger partial charge in [0.25, 0.3) is 0 Å². The third kappa shape index (κ3) is 2.09. The number of amidine groups is 1. The number of hydrogen-bond acceptors (Lipinski definition) is 6. The molecule has 22 heavy (non-hydrogen) atoms. The Balaban J connectivity index is 2.07. The first kappa shape index (κ1) is 14.4. The van der Waals surface area contributed by atoms with Crippen molar-refractivity contribution in [2.75, 3.05) is 0 Å². The molecule has 0 fully saturated rings. The number of carbonyl (C=O) groups is 1. The third-order valence-electron chi connectivity index (χ3n) is 3.53. The van der Waals surface area contributed by atoms with E-state index < -0.39 is 5.76 Å². The smallest absolute Gasteiger partial charge is 0.406 e. The fourth-order valence-electron chi connectivity index (χ4n) is 2.27. The quantitative estimate of drug-likeness (QED) is 0.247. The lowest BCUT2D eigenvalue weighted by Crippen LogP contribution is -2.30. The van der Waals surface area contributed by atoms with Crippen molar-refractivity contribution in [2.24, 2.45) is 23.8 Å². The maximum atomic E-state index is 12.5. The number of Topliss-reactive ketones (excluding diaryl/α,β-unsaturated/α-hetero) is 1. The summed E-state index contributed by atoms with van der Waals surface area (Å²) in [4.78, 5) is 24.0. The van der Waals surface area contributed by atoms with Crippen molar-refractivity contribution in [1.29, 1.82) is 0 Å². The Morgan fingerprint density at radius 1 is 1.45 bits per heavy atom. The van der Waals surface area contributed by atoms with Crippen LogP contribution in [0.2, 0.25) is 5.02 Å². The zero-order valence-corrected chi connectivity index (χ0v) is 12.3. The number of aromatic nitrogens is 1. The SMILES string of the molecule is Cn1c(=O)oc2c(Cl)cc(C(=O)C3=C(/C(=N\N)NN)C3)cc21. The van der Waals surface area contributed by atoms with Crippen molar-refractivity contribution in [3.8, 4) is 0 Å². The molecule has 0 aliphatic heterocycles. The summed E-state index contributed by atoms with van der Waals surface area (Å²) in [6.45, 7) is 0. The van der Waals surface area contributed by atoms with Crippen LogP contribution in [0.3, 0.4) is 0 Å². The molecule has 0 saturated heterocycles. The molecule has 5 N–H and O–H groups in total. The Morgan fingerprint density at radius 2 is 2.18 bits per heavy atom. The van der Waals surface area contributed by atoms with Crippen LogP contribution in [0.5, 0.6) is 0 Å². The zero-order valence-electron chi connectivity index (χ0n) is 11.5. The van der Waals surface area contributed by atoms with Crippen LogP contribution in [0.1, 0.15) is 16.8 Å². The number of hydrazine groups is 1. The number of oxazole rings is 1. The summed E-state index contributed by atoms with van der Waals surface area (Å²) in [6.07, 6.45) is 0.443. The zero-order chi connectivity index (χ0) is 16.0. The van der Waals surface area contributed by atoms with Gasteiger partial charge in [-0.15, -0.1) is 0 Å². The number of rotatable bonds is 3. The lowest BCUT2D eigenvalue weighted by atomic mass is 10.1. The summed E-state index contributed by atoms with van der Waals surface area (Å²) in [7, 11) is 1.54. The van der Waals surface area contributed by atoms with Crippen LogP contribution >= 0.6 is 11.6 Å². The van der Waals surface area contributed by atoms with Crippen LogP contribution in [0.4, 0.5) is 0 Å². The van der Waals surface area contributed by atoms with Crippen molar-refractivity contribution in [3.05, 3.63) is 44.4 Å². The summed E-state index contributed by atoms with van der Waals surface area (Å²) in [5.41, 5.74) is 4.60. The van der Waals surface area contributed by atoms with Gasteiger partial charge in [0.05, 0.1) is 10.5 Å². The minimum atomic E-state index is -0.544. The van der Waals surface area contributed by atoms with E-state index in [1.54, 1.807) is 6.07 Å². The molecule has 0 amide bonds. The number of allylic oxidation sites excluding steroid dienone is 1. The van der Waals surface area contributed by atoms with Gasteiger partial charge >= 0.3 is 5.76 Å². The highest BCUT2D eigenvalue weighted by atomic mass is 35.5. The summed E-state index contributed by atoms with van der Waals surface area (Å²) >= 11 is 6.08. The van der Waals surface area contributed by atoms with Gasteiger partial charge in [0, 0.05) is 30.2 Å². The minimum absolute atomic E-state index is 0.200. The fourth-order valence-corrected chi connectivity index (χ4v) is 2.52. The molecule has 1 aromatic carbocycles. The molecule has 8 nitrogen and oxygen atoms in total. The van der Waals surface area contributed by atoms with Crippen LogP contribution in [0.15, 0.2) is 37.6 Å². The first-order valence-electron chi connectivity index (χ1n) is 6.28. The van der Waals surface area contributed by atoms with Crippen molar-refractivity contribution in [1.82, 2.24) is 9.99 Å². The summed E-state index contributed by atoms with van der Waals surface area (Å²) in [5, 5.41) is 3.66. The van der Waals surface area contributed by atoms with Crippen molar-refractivity contribution in [2.45, 2.75) is 6.42 Å². The van der Waals surface area contributed by atoms with E-state index in [0.29, 0.717) is 28.6 Å². The lowest BCUT2D eigenvalue weighted by Gasteiger charge is -2.00. The molecule has 1 aromatic heterocycles. The van der Waals surface area contributed by atoms with Crippen LogP contribution in [0.25, 0.3) is 11.1 Å². The van der Waals surface area contributed by atoms with Crippen molar-refractivity contribution < 1.29 is 9.21 Å². The van der Waals surface area contributed by atoms with E-state index in [4.69, 9.17) is 27.7 Å². The van der Waals surface area contributed by atoms with Crippen molar-refractivity contribution >= 4 is 34.3 Å². The number of nitrogens with one attached hydrogen (secondary N) is 1. The predicted molar refractivity (Wildman–Crippen MR) is 81.4 cm³/mol. The van der Waals surface area contributed by atoms with Gasteiger partial charge in [-0.05, 0) is 12.1 Å². The van der Waals surface area contributed by atoms with E-state index >= 15 is 0 Å². The van der Waals surface area contributed by atoms with Crippen LogP contribution in [0, 0.1) is 0 Å². The molecule has 0 unspecified atom stereocenters. The Labute approximate surface area is 129 Å². The third-order valence-corrected chi connectivity index (χ3v) is 3.81. The fraction of sp³-hybridized carbons (Fsp3) is 0.154. The Bertz CT molecular complexity index is 922. The van der Waals surface area contributed by atoms with E-state index in [1.807, 2.05) is 0 Å². The summed E-state index contributed by atoms with van der Waals surface area (Å²) in [5.74, 6) is 9.95. The molecule has 2 aromatic rings. The van der Waals surface area contributed by atoms with E-state index in [-0.39, 0.29) is 22.2 Å². The van der Waals surface area contributed by atoms with Gasteiger partial charge in [-0.1, -0.05) is 11.6 Å². The summed E-state index contributed by atoms with van der Waals surface area (Å²) in [6, 6.07) is 3.03. The maximum Gasteiger partial charge on any atom is 0.419 e. The standard InChI is InChI=1S/C13H12ClN5O3/c1-19-9-3-5(2-8(14)11(9)22-13(19)21)10(20)6-4-7(6)12(17-15)18-16/h2-3H,4,15-16H2,1H3,(H,17,18). The summed E-state index contributed by atoms with van der Waals surface area (Å²) < 4.78 is 6.31. The monoisotopic (exact) mass is 321 g/mol.